The van der Waals surface area contributed by atoms with Crippen molar-refractivity contribution in [2.45, 2.75) is 12.8 Å². The normalized spacial score (nSPS) is 15.6. The Morgan fingerprint density at radius 1 is 1.50 bits per heavy atom. The summed E-state index contributed by atoms with van der Waals surface area (Å²) in [7, 11) is 1.67. The molecular weight excluding hydrogens is 172 g/mol. The molecule has 76 valence electrons. The van der Waals surface area contributed by atoms with Crippen LogP contribution < -0.4 is 0 Å². The molecule has 0 aliphatic carbocycles. The van der Waals surface area contributed by atoms with E-state index in [9.17, 15) is 0 Å². The Morgan fingerprint density at radius 2 is 2.21 bits per heavy atom. The standard InChI is InChI=1S/C13H18O/c1-3-7-13(11-14-2)10-12-8-5-4-6-9-12/h3-6,8-9,13H,1,7,10-11H2,2H3/t13-/m0/s1/i10D/t10-,13-. The summed E-state index contributed by atoms with van der Waals surface area (Å²) in [4.78, 5) is 0. The molecule has 0 aromatic heterocycles. The Kier molecular flexibility index (Phi) is 4.32. The van der Waals surface area contributed by atoms with Crippen LogP contribution in [0.2, 0.25) is 0 Å². The van der Waals surface area contributed by atoms with Gasteiger partial charge in [-0.15, -0.1) is 6.58 Å². The van der Waals surface area contributed by atoms with Gasteiger partial charge in [0.25, 0.3) is 0 Å². The number of allylic oxidation sites excluding steroid dienone is 1. The van der Waals surface area contributed by atoms with Crippen molar-refractivity contribution in [3.05, 3.63) is 48.6 Å². The summed E-state index contributed by atoms with van der Waals surface area (Å²) in [6.07, 6.45) is 2.44. The summed E-state index contributed by atoms with van der Waals surface area (Å²) >= 11 is 0. The van der Waals surface area contributed by atoms with E-state index < -0.39 is 0 Å². The van der Waals surface area contributed by atoms with E-state index in [1.54, 1.807) is 7.11 Å². The summed E-state index contributed by atoms with van der Waals surface area (Å²) < 4.78 is 13.3. The lowest BCUT2D eigenvalue weighted by molar-refractivity contribution is 0.153. The zero-order valence-corrected chi connectivity index (χ0v) is 8.65. The second-order valence-corrected chi connectivity index (χ2v) is 3.32. The van der Waals surface area contributed by atoms with Crippen LogP contribution >= 0.6 is 0 Å². The minimum Gasteiger partial charge on any atom is -0.384 e. The van der Waals surface area contributed by atoms with Crippen molar-refractivity contribution in [3.63, 3.8) is 0 Å². The average Bonchev–Trinajstić information content (AvgIpc) is 2.29. The van der Waals surface area contributed by atoms with Crippen LogP contribution in [0.25, 0.3) is 0 Å². The van der Waals surface area contributed by atoms with Crippen molar-refractivity contribution in [1.29, 1.82) is 0 Å². The van der Waals surface area contributed by atoms with Crippen LogP contribution in [0.5, 0.6) is 0 Å². The zero-order valence-electron chi connectivity index (χ0n) is 9.65. The molecule has 1 aromatic carbocycles. The predicted molar refractivity (Wildman–Crippen MR) is 60.3 cm³/mol. The average molecular weight is 191 g/mol. The minimum absolute atomic E-state index is 0.190. The van der Waals surface area contributed by atoms with E-state index in [0.717, 1.165) is 12.0 Å². The Bertz CT molecular complexity index is 284. The number of methoxy groups -OCH3 is 1. The number of benzene rings is 1. The highest BCUT2D eigenvalue weighted by Gasteiger charge is 2.06. The monoisotopic (exact) mass is 191 g/mol. The van der Waals surface area contributed by atoms with Crippen molar-refractivity contribution in [1.82, 2.24) is 0 Å². The van der Waals surface area contributed by atoms with Gasteiger partial charge in [0, 0.05) is 15.1 Å². The van der Waals surface area contributed by atoms with Crippen molar-refractivity contribution >= 4 is 0 Å². The molecule has 0 aliphatic rings. The molecular formula is C13H18O. The molecule has 0 fully saturated rings. The predicted octanol–water partition coefficient (Wildman–Crippen LogP) is 3.07. The lowest BCUT2D eigenvalue weighted by Crippen LogP contribution is -2.10. The van der Waals surface area contributed by atoms with Gasteiger partial charge in [-0.05, 0) is 24.3 Å². The third-order valence-corrected chi connectivity index (χ3v) is 2.08. The molecule has 0 heterocycles. The molecule has 0 aliphatic heterocycles. The summed E-state index contributed by atoms with van der Waals surface area (Å²) in [5, 5.41) is 0. The second kappa shape index (κ2) is 6.39. The van der Waals surface area contributed by atoms with E-state index in [2.05, 4.69) is 6.58 Å². The fraction of sp³-hybridized carbons (Fsp3) is 0.385. The summed E-state index contributed by atoms with van der Waals surface area (Å²) in [5.74, 6) is 0.190. The van der Waals surface area contributed by atoms with Gasteiger partial charge in [-0.25, -0.2) is 0 Å². The molecule has 0 amide bonds. The Labute approximate surface area is 87.8 Å². The van der Waals surface area contributed by atoms with E-state index in [4.69, 9.17) is 6.11 Å². The quantitative estimate of drug-likeness (QED) is 0.628. The molecule has 0 N–H and O–H groups in total. The van der Waals surface area contributed by atoms with E-state index in [1.807, 2.05) is 36.4 Å². The van der Waals surface area contributed by atoms with Gasteiger partial charge < -0.3 is 4.74 Å². The molecule has 0 bridgehead atoms. The maximum Gasteiger partial charge on any atom is 0.0496 e. The molecule has 14 heavy (non-hydrogen) atoms. The van der Waals surface area contributed by atoms with E-state index in [-0.39, 0.29) is 12.3 Å². The van der Waals surface area contributed by atoms with Gasteiger partial charge in [-0.1, -0.05) is 36.4 Å². The lowest BCUT2D eigenvalue weighted by atomic mass is 9.97. The van der Waals surface area contributed by atoms with Crippen LogP contribution in [0.3, 0.4) is 0 Å². The van der Waals surface area contributed by atoms with Gasteiger partial charge in [0.1, 0.15) is 0 Å². The summed E-state index contributed by atoms with van der Waals surface area (Å²) in [6.45, 7) is 4.33. The van der Waals surface area contributed by atoms with E-state index in [0.29, 0.717) is 6.61 Å². The first-order chi connectivity index (χ1) is 7.29. The highest BCUT2D eigenvalue weighted by molar-refractivity contribution is 5.15. The Morgan fingerprint density at radius 3 is 2.79 bits per heavy atom. The molecule has 0 saturated carbocycles. The smallest absolute Gasteiger partial charge is 0.0496 e. The Hall–Kier alpha value is -1.08. The summed E-state index contributed by atoms with van der Waals surface area (Å²) in [6, 6.07) is 9.88. The van der Waals surface area contributed by atoms with Crippen LogP contribution in [-0.4, -0.2) is 13.7 Å². The number of hydrogen-bond acceptors (Lipinski definition) is 1. The third kappa shape index (κ3) is 3.75. The molecule has 0 unspecified atom stereocenters. The van der Waals surface area contributed by atoms with Gasteiger partial charge in [0.2, 0.25) is 0 Å². The van der Waals surface area contributed by atoms with Crippen LogP contribution in [0.15, 0.2) is 43.0 Å². The fourth-order valence-corrected chi connectivity index (χ4v) is 1.45. The second-order valence-electron chi connectivity index (χ2n) is 3.32. The van der Waals surface area contributed by atoms with Gasteiger partial charge in [-0.3, -0.25) is 0 Å². The first-order valence-corrected chi connectivity index (χ1v) is 4.86. The lowest BCUT2D eigenvalue weighted by Gasteiger charge is -2.13. The minimum atomic E-state index is -0.232. The molecule has 1 nitrogen and oxygen atoms in total. The van der Waals surface area contributed by atoms with Crippen molar-refractivity contribution < 1.29 is 6.11 Å². The first kappa shape index (κ1) is 9.47. The fourth-order valence-electron chi connectivity index (χ4n) is 1.45. The number of hydrogen-bond donors (Lipinski definition) is 0. The molecule has 1 rings (SSSR count). The van der Waals surface area contributed by atoms with E-state index in [1.165, 1.54) is 0 Å². The molecule has 2 atom stereocenters. The highest BCUT2D eigenvalue weighted by Crippen LogP contribution is 2.12. The van der Waals surface area contributed by atoms with Crippen LogP contribution in [-0.2, 0) is 11.1 Å². The van der Waals surface area contributed by atoms with Gasteiger partial charge in [0.15, 0.2) is 0 Å². The van der Waals surface area contributed by atoms with Crippen LogP contribution in [0.1, 0.15) is 13.4 Å². The topological polar surface area (TPSA) is 9.23 Å². The molecule has 0 spiro atoms. The van der Waals surface area contributed by atoms with Crippen molar-refractivity contribution in [3.8, 4) is 0 Å². The zero-order chi connectivity index (χ0) is 11.1. The maximum atomic E-state index is 8.15. The van der Waals surface area contributed by atoms with Crippen LogP contribution in [0, 0.1) is 5.92 Å². The Balaban J connectivity index is 2.71. The van der Waals surface area contributed by atoms with Crippen molar-refractivity contribution in [2.75, 3.05) is 13.7 Å². The number of rotatable bonds is 6. The molecule has 1 aromatic rings. The molecule has 0 saturated heterocycles. The van der Waals surface area contributed by atoms with Gasteiger partial charge >= 0.3 is 0 Å². The largest absolute Gasteiger partial charge is 0.384 e. The SMILES string of the molecule is [2H][C@@H](c1ccccc1)[C@H](CC=C)COC. The van der Waals surface area contributed by atoms with Crippen LogP contribution in [0.4, 0.5) is 0 Å². The van der Waals surface area contributed by atoms with Gasteiger partial charge in [-0.2, -0.15) is 0 Å². The molecule has 1 heteroatoms. The highest BCUT2D eigenvalue weighted by atomic mass is 16.5. The molecule has 0 radical (unpaired) electrons. The maximum absolute atomic E-state index is 8.15. The van der Waals surface area contributed by atoms with Crippen molar-refractivity contribution in [2.24, 2.45) is 5.92 Å². The number of ether oxygens (including phenoxy) is 1. The summed E-state index contributed by atoms with van der Waals surface area (Å²) in [5.41, 5.74) is 1.04. The van der Waals surface area contributed by atoms with Gasteiger partial charge in [0.05, 0.1) is 0 Å². The third-order valence-electron chi connectivity index (χ3n) is 2.08. The first-order valence-electron chi connectivity index (χ1n) is 5.44. The van der Waals surface area contributed by atoms with E-state index >= 15 is 0 Å².